The summed E-state index contributed by atoms with van der Waals surface area (Å²) < 4.78 is 0. The standard InChI is InChI=1S/C7H17N2/c1-6(2)9(8-5)7(3)4/h6-8H,5H2,1-4H3. The quantitative estimate of drug-likeness (QED) is 0.579. The number of nitrogens with one attached hydrogen (secondary N) is 1. The van der Waals surface area contributed by atoms with Gasteiger partial charge in [-0.25, -0.2) is 5.01 Å². The molecule has 0 fully saturated rings. The highest BCUT2D eigenvalue weighted by molar-refractivity contribution is 4.61. The number of hydrogen-bond donors (Lipinski definition) is 1. The van der Waals surface area contributed by atoms with E-state index in [1.807, 2.05) is 0 Å². The van der Waals surface area contributed by atoms with E-state index in [1.54, 1.807) is 0 Å². The Labute approximate surface area is 58.2 Å². The van der Waals surface area contributed by atoms with Gasteiger partial charge in [-0.2, -0.15) is 0 Å². The van der Waals surface area contributed by atoms with Crippen LogP contribution in [-0.2, 0) is 0 Å². The van der Waals surface area contributed by atoms with Gasteiger partial charge in [-0.3, -0.25) is 5.43 Å². The minimum absolute atomic E-state index is 0.516. The first-order chi connectivity index (χ1) is 4.09. The fraction of sp³-hybridized carbons (Fsp3) is 0.857. The predicted molar refractivity (Wildman–Crippen MR) is 40.6 cm³/mol. The molecule has 0 spiro atoms. The third-order valence-electron chi connectivity index (χ3n) is 1.30. The Hall–Kier alpha value is -0.0800. The van der Waals surface area contributed by atoms with E-state index in [1.165, 1.54) is 0 Å². The summed E-state index contributed by atoms with van der Waals surface area (Å²) in [6.07, 6.45) is 0. The monoisotopic (exact) mass is 129 g/mol. The van der Waals surface area contributed by atoms with Crippen molar-refractivity contribution in [2.45, 2.75) is 39.8 Å². The Morgan fingerprint density at radius 1 is 1.11 bits per heavy atom. The first-order valence-electron chi connectivity index (χ1n) is 3.40. The molecule has 0 atom stereocenters. The summed E-state index contributed by atoms with van der Waals surface area (Å²) in [7, 11) is 3.60. The Bertz CT molecular complexity index is 61.3. The zero-order valence-electron chi connectivity index (χ0n) is 6.81. The third-order valence-corrected chi connectivity index (χ3v) is 1.30. The summed E-state index contributed by atoms with van der Waals surface area (Å²) >= 11 is 0. The van der Waals surface area contributed by atoms with Crippen LogP contribution >= 0.6 is 0 Å². The van der Waals surface area contributed by atoms with Crippen molar-refractivity contribution in [1.82, 2.24) is 10.4 Å². The van der Waals surface area contributed by atoms with Gasteiger partial charge in [0.05, 0.1) is 0 Å². The molecule has 0 saturated carbocycles. The maximum Gasteiger partial charge on any atom is 0.0242 e. The van der Waals surface area contributed by atoms with Gasteiger partial charge in [-0.05, 0) is 27.7 Å². The summed E-state index contributed by atoms with van der Waals surface area (Å²) in [6, 6.07) is 1.03. The van der Waals surface area contributed by atoms with Crippen molar-refractivity contribution < 1.29 is 0 Å². The van der Waals surface area contributed by atoms with E-state index in [2.05, 4.69) is 45.2 Å². The molecule has 0 aliphatic carbocycles. The van der Waals surface area contributed by atoms with E-state index in [0.29, 0.717) is 12.1 Å². The van der Waals surface area contributed by atoms with Crippen LogP contribution in [0.1, 0.15) is 27.7 Å². The molecule has 1 N–H and O–H groups in total. The zero-order chi connectivity index (χ0) is 7.44. The molecule has 0 unspecified atom stereocenters. The Morgan fingerprint density at radius 3 is 1.44 bits per heavy atom. The highest BCUT2D eigenvalue weighted by atomic mass is 15.5. The second-order valence-corrected chi connectivity index (χ2v) is 2.75. The zero-order valence-corrected chi connectivity index (χ0v) is 6.81. The summed E-state index contributed by atoms with van der Waals surface area (Å²) in [5, 5.41) is 2.10. The Balaban J connectivity index is 3.68. The summed E-state index contributed by atoms with van der Waals surface area (Å²) in [5.41, 5.74) is 2.88. The molecule has 0 saturated heterocycles. The molecule has 2 heteroatoms. The molecule has 0 rings (SSSR count). The lowest BCUT2D eigenvalue weighted by atomic mass is 10.3. The van der Waals surface area contributed by atoms with E-state index in [4.69, 9.17) is 0 Å². The van der Waals surface area contributed by atoms with Crippen molar-refractivity contribution in [3.63, 3.8) is 0 Å². The molecular formula is C7H17N2. The van der Waals surface area contributed by atoms with Gasteiger partial charge in [0.1, 0.15) is 0 Å². The van der Waals surface area contributed by atoms with Gasteiger partial charge in [0.15, 0.2) is 0 Å². The van der Waals surface area contributed by atoms with Gasteiger partial charge in [0, 0.05) is 19.1 Å². The maximum absolute atomic E-state index is 3.60. The molecule has 2 nitrogen and oxygen atoms in total. The van der Waals surface area contributed by atoms with Gasteiger partial charge in [0.2, 0.25) is 0 Å². The average molecular weight is 129 g/mol. The lowest BCUT2D eigenvalue weighted by molar-refractivity contribution is 0.127. The van der Waals surface area contributed by atoms with Crippen molar-refractivity contribution >= 4 is 0 Å². The molecular weight excluding hydrogens is 112 g/mol. The summed E-state index contributed by atoms with van der Waals surface area (Å²) in [5.74, 6) is 0. The van der Waals surface area contributed by atoms with Gasteiger partial charge < -0.3 is 0 Å². The Morgan fingerprint density at radius 2 is 1.44 bits per heavy atom. The van der Waals surface area contributed by atoms with Crippen LogP contribution in [0.5, 0.6) is 0 Å². The largest absolute Gasteiger partial charge is 0.253 e. The molecule has 0 aliphatic rings. The first kappa shape index (κ1) is 8.92. The predicted octanol–water partition coefficient (Wildman–Crippen LogP) is 1.40. The van der Waals surface area contributed by atoms with E-state index in [9.17, 15) is 0 Å². The van der Waals surface area contributed by atoms with E-state index in [0.717, 1.165) is 0 Å². The van der Waals surface area contributed by atoms with Crippen LogP contribution in [0.4, 0.5) is 0 Å². The molecule has 0 aromatic heterocycles. The molecule has 0 aliphatic heterocycles. The normalized spacial score (nSPS) is 12.0. The van der Waals surface area contributed by atoms with Gasteiger partial charge in [-0.15, -0.1) is 0 Å². The fourth-order valence-corrected chi connectivity index (χ4v) is 0.961. The van der Waals surface area contributed by atoms with Crippen molar-refractivity contribution in [3.8, 4) is 0 Å². The number of hydrogen-bond acceptors (Lipinski definition) is 2. The molecule has 0 aromatic rings. The molecule has 0 bridgehead atoms. The smallest absolute Gasteiger partial charge is 0.0242 e. The Kier molecular flexibility index (Phi) is 3.82. The molecule has 1 radical (unpaired) electrons. The maximum atomic E-state index is 3.60. The fourth-order valence-electron chi connectivity index (χ4n) is 0.961. The van der Waals surface area contributed by atoms with Crippen LogP contribution in [0.3, 0.4) is 0 Å². The van der Waals surface area contributed by atoms with Gasteiger partial charge >= 0.3 is 0 Å². The number of nitrogens with zero attached hydrogens (tertiary/aromatic N) is 1. The van der Waals surface area contributed by atoms with E-state index >= 15 is 0 Å². The van der Waals surface area contributed by atoms with Crippen LogP contribution in [0.2, 0.25) is 0 Å². The average Bonchev–Trinajstić information content (AvgIpc) is 1.64. The van der Waals surface area contributed by atoms with Crippen LogP contribution < -0.4 is 5.43 Å². The van der Waals surface area contributed by atoms with Crippen molar-refractivity contribution in [3.05, 3.63) is 7.05 Å². The minimum Gasteiger partial charge on any atom is -0.253 e. The second-order valence-electron chi connectivity index (χ2n) is 2.75. The number of rotatable bonds is 3. The molecule has 0 amide bonds. The highest BCUT2D eigenvalue weighted by Crippen LogP contribution is 1.98. The summed E-state index contributed by atoms with van der Waals surface area (Å²) in [4.78, 5) is 0. The lowest BCUT2D eigenvalue weighted by Gasteiger charge is -2.28. The molecule has 9 heavy (non-hydrogen) atoms. The van der Waals surface area contributed by atoms with Crippen molar-refractivity contribution in [2.75, 3.05) is 0 Å². The van der Waals surface area contributed by atoms with E-state index < -0.39 is 0 Å². The number of hydrazine groups is 1. The highest BCUT2D eigenvalue weighted by Gasteiger charge is 2.09. The van der Waals surface area contributed by atoms with Gasteiger partial charge in [-0.1, -0.05) is 0 Å². The van der Waals surface area contributed by atoms with Crippen molar-refractivity contribution in [1.29, 1.82) is 0 Å². The van der Waals surface area contributed by atoms with Crippen molar-refractivity contribution in [2.24, 2.45) is 0 Å². The second kappa shape index (κ2) is 3.85. The van der Waals surface area contributed by atoms with E-state index in [-0.39, 0.29) is 0 Å². The summed E-state index contributed by atoms with van der Waals surface area (Å²) in [6.45, 7) is 8.55. The van der Waals surface area contributed by atoms with Crippen LogP contribution in [0.25, 0.3) is 0 Å². The first-order valence-corrected chi connectivity index (χ1v) is 3.40. The van der Waals surface area contributed by atoms with Crippen LogP contribution in [0, 0.1) is 7.05 Å². The van der Waals surface area contributed by atoms with Crippen LogP contribution in [0.15, 0.2) is 0 Å². The molecule has 0 heterocycles. The SMILES string of the molecule is [CH2]NN(C(C)C)C(C)C. The topological polar surface area (TPSA) is 15.3 Å². The third kappa shape index (κ3) is 2.82. The van der Waals surface area contributed by atoms with Crippen LogP contribution in [-0.4, -0.2) is 17.1 Å². The minimum atomic E-state index is 0.516. The van der Waals surface area contributed by atoms with Gasteiger partial charge in [0.25, 0.3) is 0 Å². The molecule has 55 valence electrons. The molecule has 0 aromatic carbocycles. The lowest BCUT2D eigenvalue weighted by Crippen LogP contribution is -2.44.